The first kappa shape index (κ1) is 28.3. The first-order chi connectivity index (χ1) is 23.7. The minimum atomic E-state index is 1.06. The third-order valence-corrected chi connectivity index (χ3v) is 10.6. The Kier molecular flexibility index (Phi) is 6.74. The lowest BCUT2D eigenvalue weighted by molar-refractivity contribution is 1.19. The van der Waals surface area contributed by atoms with Gasteiger partial charge in [-0.3, -0.25) is 0 Å². The van der Waals surface area contributed by atoms with Crippen LogP contribution in [0.25, 0.3) is 69.2 Å². The summed E-state index contributed by atoms with van der Waals surface area (Å²) in [6, 6.07) is 50.8. The molecule has 48 heavy (non-hydrogen) atoms. The molecular formula is C45H32N2S. The Bertz CT molecular complexity index is 2760. The summed E-state index contributed by atoms with van der Waals surface area (Å²) in [7, 11) is 0. The zero-order valence-corrected chi connectivity index (χ0v) is 27.4. The predicted octanol–water partition coefficient (Wildman–Crippen LogP) is 13.2. The largest absolute Gasteiger partial charge is 0.310 e. The van der Waals surface area contributed by atoms with Crippen molar-refractivity contribution in [2.75, 3.05) is 4.90 Å². The van der Waals surface area contributed by atoms with Crippen LogP contribution in [0.5, 0.6) is 0 Å². The van der Waals surface area contributed by atoms with Crippen molar-refractivity contribution in [3.63, 3.8) is 0 Å². The van der Waals surface area contributed by atoms with Crippen LogP contribution in [0.1, 0.15) is 6.92 Å². The Balaban J connectivity index is 1.40. The van der Waals surface area contributed by atoms with Crippen LogP contribution in [0.3, 0.4) is 0 Å². The molecule has 3 heteroatoms. The Hall–Kier alpha value is -5.90. The highest BCUT2D eigenvalue weighted by Gasteiger charge is 2.22. The molecule has 2 aromatic heterocycles. The van der Waals surface area contributed by atoms with E-state index in [-0.39, 0.29) is 0 Å². The molecule has 2 nitrogen and oxygen atoms in total. The second-order valence-electron chi connectivity index (χ2n) is 12.1. The fourth-order valence-corrected chi connectivity index (χ4v) is 8.66. The molecule has 0 spiro atoms. The summed E-state index contributed by atoms with van der Waals surface area (Å²) < 4.78 is 5.09. The van der Waals surface area contributed by atoms with Gasteiger partial charge < -0.3 is 9.47 Å². The molecule has 0 aliphatic carbocycles. The lowest BCUT2D eigenvalue weighted by Crippen LogP contribution is -2.14. The zero-order valence-electron chi connectivity index (χ0n) is 26.6. The number of thiophene rings is 1. The van der Waals surface area contributed by atoms with E-state index >= 15 is 0 Å². The van der Waals surface area contributed by atoms with E-state index in [1.54, 1.807) is 0 Å². The Morgan fingerprint density at radius 3 is 2.19 bits per heavy atom. The number of benzene rings is 7. The van der Waals surface area contributed by atoms with Crippen LogP contribution in [0.15, 0.2) is 176 Å². The first-order valence-electron chi connectivity index (χ1n) is 16.3. The topological polar surface area (TPSA) is 8.17 Å². The van der Waals surface area contributed by atoms with Gasteiger partial charge in [-0.1, -0.05) is 110 Å². The molecule has 0 aliphatic heterocycles. The van der Waals surface area contributed by atoms with Crippen LogP contribution in [0.2, 0.25) is 0 Å². The average Bonchev–Trinajstić information content (AvgIpc) is 3.69. The highest BCUT2D eigenvalue weighted by atomic mass is 32.1. The standard InChI is InChI=1S/C45H32N2S/c1-3-14-32(15-4-2)46(33-18-6-5-7-19-33)35-26-27-41-39(29-35)42-36-20-10-11-21-37(36)44-43(45(42)48-41)38-22-12-13-23-40(38)47(44)34-25-24-30-16-8-9-17-31(30)28-34/h3-29H,1H2,2H3/b15-4-,32-14+. The second-order valence-corrected chi connectivity index (χ2v) is 13.2. The van der Waals surface area contributed by atoms with E-state index in [2.05, 4.69) is 181 Å². The smallest absolute Gasteiger partial charge is 0.0634 e. The molecular weight excluding hydrogens is 601 g/mol. The van der Waals surface area contributed by atoms with E-state index in [4.69, 9.17) is 0 Å². The van der Waals surface area contributed by atoms with Crippen LogP contribution in [0.4, 0.5) is 11.4 Å². The molecule has 0 bridgehead atoms. The summed E-state index contributed by atoms with van der Waals surface area (Å²) in [6.45, 7) is 6.08. The Labute approximate surface area is 283 Å². The van der Waals surface area contributed by atoms with Crippen LogP contribution in [0, 0.1) is 0 Å². The van der Waals surface area contributed by atoms with Crippen molar-refractivity contribution in [3.05, 3.63) is 176 Å². The number of hydrogen-bond acceptors (Lipinski definition) is 2. The molecule has 0 saturated heterocycles. The lowest BCUT2D eigenvalue weighted by Gasteiger charge is -2.26. The van der Waals surface area contributed by atoms with Gasteiger partial charge in [-0.05, 0) is 83.8 Å². The number of fused-ring (bicyclic) bond motifs is 11. The van der Waals surface area contributed by atoms with Crippen molar-refractivity contribution in [1.29, 1.82) is 0 Å². The molecule has 228 valence electrons. The fourth-order valence-electron chi connectivity index (χ4n) is 7.40. The van der Waals surface area contributed by atoms with E-state index in [9.17, 15) is 0 Å². The molecule has 0 N–H and O–H groups in total. The normalized spacial score (nSPS) is 12.4. The van der Waals surface area contributed by atoms with E-state index in [0.29, 0.717) is 0 Å². The van der Waals surface area contributed by atoms with E-state index < -0.39 is 0 Å². The van der Waals surface area contributed by atoms with Crippen LogP contribution < -0.4 is 4.90 Å². The van der Waals surface area contributed by atoms with Gasteiger partial charge in [0.25, 0.3) is 0 Å². The molecule has 7 aromatic carbocycles. The summed E-state index contributed by atoms with van der Waals surface area (Å²) in [5.41, 5.74) is 6.94. The van der Waals surface area contributed by atoms with Crippen molar-refractivity contribution in [2.45, 2.75) is 6.92 Å². The highest BCUT2D eigenvalue weighted by Crippen LogP contribution is 2.49. The molecule has 0 aliphatic rings. The van der Waals surface area contributed by atoms with Crippen molar-refractivity contribution in [3.8, 4) is 5.69 Å². The molecule has 0 unspecified atom stereocenters. The SMILES string of the molecule is C=C/C=C(\C=C/C)N(c1ccccc1)c1ccc2sc3c(c2c1)c1ccccc1c1c3c2ccccc2n1-c1ccc2ccccc2c1. The minimum Gasteiger partial charge on any atom is -0.310 e. The van der Waals surface area contributed by atoms with E-state index in [0.717, 1.165) is 17.1 Å². The molecule has 2 heterocycles. The summed E-state index contributed by atoms with van der Waals surface area (Å²) in [4.78, 5) is 2.32. The molecule has 0 fully saturated rings. The Morgan fingerprint density at radius 2 is 1.38 bits per heavy atom. The molecule has 9 rings (SSSR count). The van der Waals surface area contributed by atoms with E-state index in [1.165, 1.54) is 69.2 Å². The third-order valence-electron chi connectivity index (χ3n) is 9.37. The summed E-state index contributed by atoms with van der Waals surface area (Å²) in [5.74, 6) is 0. The van der Waals surface area contributed by atoms with Gasteiger partial charge in [0.2, 0.25) is 0 Å². The average molecular weight is 633 g/mol. The first-order valence-corrected chi connectivity index (χ1v) is 17.2. The van der Waals surface area contributed by atoms with Crippen LogP contribution in [-0.2, 0) is 0 Å². The van der Waals surface area contributed by atoms with Gasteiger partial charge in [-0.25, -0.2) is 0 Å². The van der Waals surface area contributed by atoms with E-state index in [1.807, 2.05) is 17.4 Å². The Morgan fingerprint density at radius 1 is 0.646 bits per heavy atom. The number of anilines is 2. The quantitative estimate of drug-likeness (QED) is 0.166. The van der Waals surface area contributed by atoms with Crippen LogP contribution >= 0.6 is 11.3 Å². The molecule has 0 amide bonds. The molecule has 0 radical (unpaired) electrons. The van der Waals surface area contributed by atoms with Crippen molar-refractivity contribution in [1.82, 2.24) is 4.57 Å². The maximum Gasteiger partial charge on any atom is 0.0634 e. The highest BCUT2D eigenvalue weighted by molar-refractivity contribution is 7.27. The van der Waals surface area contributed by atoms with Gasteiger partial charge in [-0.15, -0.1) is 11.3 Å². The van der Waals surface area contributed by atoms with Gasteiger partial charge >= 0.3 is 0 Å². The molecule has 0 atom stereocenters. The number of nitrogens with zero attached hydrogens (tertiary/aromatic N) is 2. The zero-order chi connectivity index (χ0) is 32.2. The van der Waals surface area contributed by atoms with Crippen molar-refractivity contribution in [2.24, 2.45) is 0 Å². The van der Waals surface area contributed by atoms with Crippen molar-refractivity contribution < 1.29 is 0 Å². The molecule has 0 saturated carbocycles. The number of para-hydroxylation sites is 2. The predicted molar refractivity (Wildman–Crippen MR) is 210 cm³/mol. The monoisotopic (exact) mass is 632 g/mol. The molecule has 9 aromatic rings. The maximum atomic E-state index is 4.02. The summed E-state index contributed by atoms with van der Waals surface area (Å²) >= 11 is 1.90. The number of allylic oxidation sites excluding steroid dienone is 4. The third kappa shape index (κ3) is 4.32. The lowest BCUT2D eigenvalue weighted by atomic mass is 9.99. The van der Waals surface area contributed by atoms with Gasteiger partial charge in [-0.2, -0.15) is 0 Å². The van der Waals surface area contributed by atoms with Gasteiger partial charge in [0.1, 0.15) is 0 Å². The van der Waals surface area contributed by atoms with Gasteiger partial charge in [0.15, 0.2) is 0 Å². The number of rotatable bonds is 6. The number of hydrogen-bond donors (Lipinski definition) is 0. The van der Waals surface area contributed by atoms with Gasteiger partial charge in [0, 0.05) is 59.1 Å². The minimum absolute atomic E-state index is 1.06. The summed E-state index contributed by atoms with van der Waals surface area (Å²) in [6.07, 6.45) is 8.16. The van der Waals surface area contributed by atoms with Crippen molar-refractivity contribution >= 4 is 86.2 Å². The number of aromatic nitrogens is 1. The van der Waals surface area contributed by atoms with Crippen LogP contribution in [-0.4, -0.2) is 4.57 Å². The maximum absolute atomic E-state index is 4.02. The second kappa shape index (κ2) is 11.4. The summed E-state index contributed by atoms with van der Waals surface area (Å²) in [5, 5.41) is 10.2. The fraction of sp³-hybridized carbons (Fsp3) is 0.0222. The van der Waals surface area contributed by atoms with Gasteiger partial charge in [0.05, 0.1) is 11.0 Å².